The molecule has 1 amide bonds. The standard InChI is InChI=1S/C18H14N4OS2/c1-22-14-6-2-3-7-15(14)25-18(22)21-16(23)9-13-11-24-17(20-13)12-5-4-8-19-10-12/h2-8,10-11H,9H2,1H3. The van der Waals surface area contributed by atoms with Gasteiger partial charge in [0.1, 0.15) is 5.01 Å². The number of carbonyl (C=O) groups excluding carboxylic acids is 1. The highest BCUT2D eigenvalue weighted by Gasteiger charge is 2.10. The van der Waals surface area contributed by atoms with Gasteiger partial charge in [0.25, 0.3) is 5.91 Å². The van der Waals surface area contributed by atoms with Crippen molar-refractivity contribution in [2.24, 2.45) is 12.0 Å². The molecule has 3 heterocycles. The number of aryl methyl sites for hydroxylation is 1. The first-order valence-electron chi connectivity index (χ1n) is 7.67. The van der Waals surface area contributed by atoms with Crippen LogP contribution in [0.25, 0.3) is 20.8 Å². The van der Waals surface area contributed by atoms with Gasteiger partial charge in [-0.3, -0.25) is 9.78 Å². The molecular weight excluding hydrogens is 352 g/mol. The van der Waals surface area contributed by atoms with Crippen LogP contribution in [0.3, 0.4) is 0 Å². The number of aromatic nitrogens is 3. The minimum atomic E-state index is -0.190. The summed E-state index contributed by atoms with van der Waals surface area (Å²) < 4.78 is 3.06. The summed E-state index contributed by atoms with van der Waals surface area (Å²) in [5.74, 6) is -0.190. The fourth-order valence-electron chi connectivity index (χ4n) is 2.50. The van der Waals surface area contributed by atoms with E-state index < -0.39 is 0 Å². The molecule has 0 radical (unpaired) electrons. The lowest BCUT2D eigenvalue weighted by Crippen LogP contribution is -2.14. The molecule has 25 heavy (non-hydrogen) atoms. The number of thiazole rings is 2. The first-order chi connectivity index (χ1) is 12.2. The van der Waals surface area contributed by atoms with E-state index >= 15 is 0 Å². The van der Waals surface area contributed by atoms with Crippen LogP contribution in [-0.2, 0) is 18.3 Å². The van der Waals surface area contributed by atoms with E-state index in [1.54, 1.807) is 12.4 Å². The highest BCUT2D eigenvalue weighted by atomic mass is 32.1. The lowest BCUT2D eigenvalue weighted by molar-refractivity contribution is -0.117. The Labute approximate surface area is 152 Å². The molecule has 0 spiro atoms. The van der Waals surface area contributed by atoms with E-state index in [2.05, 4.69) is 15.0 Å². The number of benzene rings is 1. The maximum atomic E-state index is 12.3. The molecule has 0 aliphatic heterocycles. The zero-order valence-electron chi connectivity index (χ0n) is 13.4. The van der Waals surface area contributed by atoms with E-state index in [1.165, 1.54) is 22.7 Å². The number of carbonyl (C=O) groups is 1. The van der Waals surface area contributed by atoms with Crippen molar-refractivity contribution in [1.82, 2.24) is 14.5 Å². The van der Waals surface area contributed by atoms with Crippen LogP contribution in [0.5, 0.6) is 0 Å². The Kier molecular flexibility index (Phi) is 4.25. The number of hydrogen-bond acceptors (Lipinski definition) is 5. The Morgan fingerprint density at radius 3 is 2.92 bits per heavy atom. The summed E-state index contributed by atoms with van der Waals surface area (Å²) >= 11 is 3.02. The van der Waals surface area contributed by atoms with Crippen LogP contribution >= 0.6 is 22.7 Å². The molecule has 3 aromatic heterocycles. The molecule has 4 rings (SSSR count). The summed E-state index contributed by atoms with van der Waals surface area (Å²) in [5, 5.41) is 2.77. The molecule has 0 aliphatic carbocycles. The third kappa shape index (κ3) is 3.29. The molecular formula is C18H14N4OS2. The molecule has 124 valence electrons. The fourth-order valence-corrected chi connectivity index (χ4v) is 4.35. The summed E-state index contributed by atoms with van der Waals surface area (Å²) in [5.41, 5.74) is 2.77. The van der Waals surface area contributed by atoms with Crippen molar-refractivity contribution in [3.8, 4) is 10.6 Å². The first-order valence-corrected chi connectivity index (χ1v) is 9.37. The van der Waals surface area contributed by atoms with Gasteiger partial charge >= 0.3 is 0 Å². The average molecular weight is 366 g/mol. The van der Waals surface area contributed by atoms with E-state index in [9.17, 15) is 4.79 Å². The molecule has 5 nitrogen and oxygen atoms in total. The molecule has 0 saturated heterocycles. The molecule has 0 saturated carbocycles. The van der Waals surface area contributed by atoms with Crippen molar-refractivity contribution < 1.29 is 4.79 Å². The molecule has 1 aromatic carbocycles. The van der Waals surface area contributed by atoms with Crippen LogP contribution in [0.4, 0.5) is 0 Å². The molecule has 0 atom stereocenters. The van der Waals surface area contributed by atoms with Crippen molar-refractivity contribution in [3.05, 3.63) is 64.7 Å². The van der Waals surface area contributed by atoms with Crippen LogP contribution in [0.15, 0.2) is 59.2 Å². The molecule has 0 unspecified atom stereocenters. The van der Waals surface area contributed by atoms with Crippen LogP contribution in [0.2, 0.25) is 0 Å². The zero-order chi connectivity index (χ0) is 17.2. The Hall–Kier alpha value is -2.64. The third-order valence-corrected chi connectivity index (χ3v) is 5.78. The van der Waals surface area contributed by atoms with Crippen LogP contribution < -0.4 is 4.80 Å². The van der Waals surface area contributed by atoms with E-state index in [4.69, 9.17) is 0 Å². The largest absolute Gasteiger partial charge is 0.319 e. The normalized spacial score (nSPS) is 12.0. The Balaban J connectivity index is 1.58. The highest BCUT2D eigenvalue weighted by Crippen LogP contribution is 2.23. The summed E-state index contributed by atoms with van der Waals surface area (Å²) in [4.78, 5) is 25.9. The molecule has 0 N–H and O–H groups in total. The van der Waals surface area contributed by atoms with E-state index in [1.807, 2.05) is 53.4 Å². The maximum Gasteiger partial charge on any atom is 0.254 e. The van der Waals surface area contributed by atoms with E-state index in [0.717, 1.165) is 26.5 Å². The van der Waals surface area contributed by atoms with Crippen molar-refractivity contribution in [1.29, 1.82) is 0 Å². The number of nitrogens with zero attached hydrogens (tertiary/aromatic N) is 4. The quantitative estimate of drug-likeness (QED) is 0.558. The van der Waals surface area contributed by atoms with Gasteiger partial charge in [0, 0.05) is 30.4 Å². The second-order valence-corrected chi connectivity index (χ2v) is 7.35. The van der Waals surface area contributed by atoms with Gasteiger partial charge in [0.2, 0.25) is 0 Å². The number of fused-ring (bicyclic) bond motifs is 1. The minimum absolute atomic E-state index is 0.190. The van der Waals surface area contributed by atoms with Gasteiger partial charge in [0.05, 0.1) is 22.3 Å². The van der Waals surface area contributed by atoms with Crippen molar-refractivity contribution in [2.45, 2.75) is 6.42 Å². The highest BCUT2D eigenvalue weighted by molar-refractivity contribution is 7.16. The lowest BCUT2D eigenvalue weighted by Gasteiger charge is -1.95. The lowest BCUT2D eigenvalue weighted by atomic mass is 10.3. The van der Waals surface area contributed by atoms with Crippen LogP contribution in [0, 0.1) is 0 Å². The molecule has 4 aromatic rings. The van der Waals surface area contributed by atoms with Gasteiger partial charge in [0.15, 0.2) is 4.80 Å². The number of rotatable bonds is 3. The Morgan fingerprint density at radius 2 is 2.12 bits per heavy atom. The third-order valence-electron chi connectivity index (χ3n) is 3.73. The van der Waals surface area contributed by atoms with Gasteiger partial charge in [-0.25, -0.2) is 4.98 Å². The smallest absolute Gasteiger partial charge is 0.254 e. The molecule has 7 heteroatoms. The van der Waals surface area contributed by atoms with Gasteiger partial charge in [-0.15, -0.1) is 11.3 Å². The van der Waals surface area contributed by atoms with E-state index in [-0.39, 0.29) is 12.3 Å². The van der Waals surface area contributed by atoms with Gasteiger partial charge in [-0.05, 0) is 24.3 Å². The van der Waals surface area contributed by atoms with Gasteiger partial charge in [-0.2, -0.15) is 4.99 Å². The second-order valence-electron chi connectivity index (χ2n) is 5.48. The topological polar surface area (TPSA) is 60.1 Å². The Morgan fingerprint density at radius 1 is 1.24 bits per heavy atom. The van der Waals surface area contributed by atoms with E-state index in [0.29, 0.717) is 4.80 Å². The molecule has 0 fully saturated rings. The SMILES string of the molecule is Cn1c(=NC(=O)Cc2csc(-c3cccnc3)n2)sc2ccccc21. The Bertz CT molecular complexity index is 1110. The zero-order valence-corrected chi connectivity index (χ0v) is 15.0. The monoisotopic (exact) mass is 366 g/mol. The van der Waals surface area contributed by atoms with Crippen molar-refractivity contribution in [3.63, 3.8) is 0 Å². The van der Waals surface area contributed by atoms with Crippen LogP contribution in [-0.4, -0.2) is 20.4 Å². The summed E-state index contributed by atoms with van der Waals surface area (Å²) in [6.45, 7) is 0. The fraction of sp³-hybridized carbons (Fsp3) is 0.111. The first kappa shape index (κ1) is 15.9. The number of hydrogen-bond donors (Lipinski definition) is 0. The predicted octanol–water partition coefficient (Wildman–Crippen LogP) is 3.43. The molecule has 0 aliphatic rings. The summed E-state index contributed by atoms with van der Waals surface area (Å²) in [6.07, 6.45) is 3.70. The maximum absolute atomic E-state index is 12.3. The second kappa shape index (κ2) is 6.70. The minimum Gasteiger partial charge on any atom is -0.319 e. The van der Waals surface area contributed by atoms with Crippen molar-refractivity contribution in [2.75, 3.05) is 0 Å². The van der Waals surface area contributed by atoms with Crippen molar-refractivity contribution >= 4 is 38.8 Å². The number of amides is 1. The summed E-state index contributed by atoms with van der Waals surface area (Å²) in [6, 6.07) is 11.9. The number of pyridine rings is 1. The van der Waals surface area contributed by atoms with Gasteiger partial charge in [-0.1, -0.05) is 23.5 Å². The molecule has 0 bridgehead atoms. The number of para-hydroxylation sites is 1. The van der Waals surface area contributed by atoms with Gasteiger partial charge < -0.3 is 4.57 Å². The van der Waals surface area contributed by atoms with Crippen LogP contribution in [0.1, 0.15) is 5.69 Å². The average Bonchev–Trinajstić information content (AvgIpc) is 3.21. The summed E-state index contributed by atoms with van der Waals surface area (Å²) in [7, 11) is 1.92. The predicted molar refractivity (Wildman–Crippen MR) is 100 cm³/mol.